The second kappa shape index (κ2) is 10.8. The van der Waals surface area contributed by atoms with Crippen LogP contribution in [-0.2, 0) is 4.43 Å². The van der Waals surface area contributed by atoms with Crippen LogP contribution in [0.1, 0.15) is 85.5 Å². The standard InChI is InChI=1S/C18H40O2Si/c1-7-8-9-10-11-12-13-14-17(19)15-16-20-21(5,6)18(2,3)4/h17,19H,7-16H2,1-6H3. The lowest BCUT2D eigenvalue weighted by molar-refractivity contribution is 0.124. The van der Waals surface area contributed by atoms with Gasteiger partial charge in [0.15, 0.2) is 8.32 Å². The molecule has 1 unspecified atom stereocenters. The lowest BCUT2D eigenvalue weighted by Gasteiger charge is -2.36. The van der Waals surface area contributed by atoms with Gasteiger partial charge < -0.3 is 9.53 Å². The Morgan fingerprint density at radius 2 is 1.43 bits per heavy atom. The summed E-state index contributed by atoms with van der Waals surface area (Å²) in [7, 11) is -1.64. The third-order valence-electron chi connectivity index (χ3n) is 4.86. The smallest absolute Gasteiger partial charge is 0.191 e. The summed E-state index contributed by atoms with van der Waals surface area (Å²) in [5, 5.41) is 10.3. The maximum Gasteiger partial charge on any atom is 0.191 e. The van der Waals surface area contributed by atoms with Crippen molar-refractivity contribution in [2.75, 3.05) is 6.61 Å². The second-order valence-corrected chi connectivity index (χ2v) is 12.8. The van der Waals surface area contributed by atoms with Gasteiger partial charge in [0, 0.05) is 6.61 Å². The maximum absolute atomic E-state index is 10.0. The Balaban J connectivity index is 3.57. The van der Waals surface area contributed by atoms with Crippen LogP contribution in [0.4, 0.5) is 0 Å². The van der Waals surface area contributed by atoms with Crippen molar-refractivity contribution in [3.63, 3.8) is 0 Å². The van der Waals surface area contributed by atoms with Gasteiger partial charge in [-0.15, -0.1) is 0 Å². The maximum atomic E-state index is 10.0. The van der Waals surface area contributed by atoms with Gasteiger partial charge in [-0.2, -0.15) is 0 Å². The van der Waals surface area contributed by atoms with Crippen molar-refractivity contribution in [2.45, 2.75) is 110 Å². The van der Waals surface area contributed by atoms with E-state index in [0.717, 1.165) is 19.3 Å². The molecule has 0 aromatic heterocycles. The molecule has 21 heavy (non-hydrogen) atoms. The number of unbranched alkanes of at least 4 members (excludes halogenated alkanes) is 6. The van der Waals surface area contributed by atoms with Crippen LogP contribution in [0, 0.1) is 0 Å². The van der Waals surface area contributed by atoms with Crippen molar-refractivity contribution in [3.8, 4) is 0 Å². The Hall–Kier alpha value is 0.137. The fraction of sp³-hybridized carbons (Fsp3) is 1.00. The van der Waals surface area contributed by atoms with Crippen molar-refractivity contribution in [3.05, 3.63) is 0 Å². The van der Waals surface area contributed by atoms with E-state index in [1.165, 1.54) is 38.5 Å². The molecule has 0 saturated carbocycles. The topological polar surface area (TPSA) is 29.5 Å². The molecule has 2 nitrogen and oxygen atoms in total. The first kappa shape index (κ1) is 21.1. The molecule has 0 aromatic carbocycles. The van der Waals surface area contributed by atoms with Crippen LogP contribution >= 0.6 is 0 Å². The summed E-state index contributed by atoms with van der Waals surface area (Å²) in [6.07, 6.45) is 10.7. The molecule has 0 heterocycles. The van der Waals surface area contributed by atoms with Gasteiger partial charge in [-0.1, -0.05) is 72.6 Å². The molecule has 0 spiro atoms. The van der Waals surface area contributed by atoms with Crippen LogP contribution in [0.15, 0.2) is 0 Å². The summed E-state index contributed by atoms with van der Waals surface area (Å²) in [4.78, 5) is 0. The third-order valence-corrected chi connectivity index (χ3v) is 9.40. The van der Waals surface area contributed by atoms with Gasteiger partial charge in [0.1, 0.15) is 0 Å². The second-order valence-electron chi connectivity index (χ2n) is 7.96. The third kappa shape index (κ3) is 10.5. The van der Waals surface area contributed by atoms with Gasteiger partial charge in [0.05, 0.1) is 6.10 Å². The van der Waals surface area contributed by atoms with Crippen molar-refractivity contribution in [1.82, 2.24) is 0 Å². The highest BCUT2D eigenvalue weighted by molar-refractivity contribution is 6.74. The van der Waals surface area contributed by atoms with E-state index in [2.05, 4.69) is 40.8 Å². The van der Waals surface area contributed by atoms with Gasteiger partial charge in [-0.3, -0.25) is 0 Å². The van der Waals surface area contributed by atoms with Crippen LogP contribution < -0.4 is 0 Å². The summed E-state index contributed by atoms with van der Waals surface area (Å²) in [6, 6.07) is 0. The minimum absolute atomic E-state index is 0.176. The van der Waals surface area contributed by atoms with Crippen molar-refractivity contribution in [2.24, 2.45) is 0 Å². The van der Waals surface area contributed by atoms with E-state index in [1.54, 1.807) is 0 Å². The molecule has 0 amide bonds. The Kier molecular flexibility index (Phi) is 10.9. The molecule has 0 aliphatic rings. The van der Waals surface area contributed by atoms with Crippen LogP contribution in [0.25, 0.3) is 0 Å². The highest BCUT2D eigenvalue weighted by Gasteiger charge is 2.36. The molecule has 1 atom stereocenters. The molecule has 0 fully saturated rings. The first-order valence-electron chi connectivity index (χ1n) is 9.02. The molecule has 0 aromatic rings. The van der Waals surface area contributed by atoms with E-state index in [0.29, 0.717) is 6.61 Å². The van der Waals surface area contributed by atoms with Gasteiger partial charge >= 0.3 is 0 Å². The number of rotatable bonds is 12. The minimum atomic E-state index is -1.64. The van der Waals surface area contributed by atoms with Crippen LogP contribution in [-0.4, -0.2) is 26.1 Å². The largest absolute Gasteiger partial charge is 0.417 e. The normalized spacial score (nSPS) is 14.4. The molecule has 0 radical (unpaired) electrons. The first-order valence-corrected chi connectivity index (χ1v) is 11.9. The molecule has 1 N–H and O–H groups in total. The zero-order chi connectivity index (χ0) is 16.4. The van der Waals surface area contributed by atoms with E-state index >= 15 is 0 Å². The molecule has 0 aliphatic heterocycles. The SMILES string of the molecule is CCCCCCCCCC(O)CCO[Si](C)(C)C(C)(C)C. The molecular formula is C18H40O2Si. The van der Waals surface area contributed by atoms with E-state index in [4.69, 9.17) is 4.43 Å². The van der Waals surface area contributed by atoms with E-state index in [-0.39, 0.29) is 11.1 Å². The molecule has 3 heteroatoms. The zero-order valence-electron chi connectivity index (χ0n) is 15.5. The highest BCUT2D eigenvalue weighted by atomic mass is 28.4. The Morgan fingerprint density at radius 1 is 0.905 bits per heavy atom. The van der Waals surface area contributed by atoms with Crippen molar-refractivity contribution < 1.29 is 9.53 Å². The quantitative estimate of drug-likeness (QED) is 0.359. The molecular weight excluding hydrogens is 276 g/mol. The molecule has 0 bridgehead atoms. The average Bonchev–Trinajstić information content (AvgIpc) is 2.36. The Labute approximate surface area is 134 Å². The van der Waals surface area contributed by atoms with Gasteiger partial charge in [-0.25, -0.2) is 0 Å². The fourth-order valence-corrected chi connectivity index (χ4v) is 3.21. The fourth-order valence-electron chi connectivity index (χ4n) is 2.15. The zero-order valence-corrected chi connectivity index (χ0v) is 16.5. The molecule has 0 rings (SSSR count). The predicted octanol–water partition coefficient (Wildman–Crippen LogP) is 5.90. The lowest BCUT2D eigenvalue weighted by Crippen LogP contribution is -2.41. The summed E-state index contributed by atoms with van der Waals surface area (Å²) < 4.78 is 6.12. The number of aliphatic hydroxyl groups is 1. The van der Waals surface area contributed by atoms with E-state index < -0.39 is 8.32 Å². The van der Waals surface area contributed by atoms with Crippen LogP contribution in [0.3, 0.4) is 0 Å². The number of aliphatic hydroxyl groups excluding tert-OH is 1. The Bertz CT molecular complexity index is 246. The van der Waals surface area contributed by atoms with Gasteiger partial charge in [0.25, 0.3) is 0 Å². The summed E-state index contributed by atoms with van der Waals surface area (Å²) in [5.74, 6) is 0. The lowest BCUT2D eigenvalue weighted by atomic mass is 10.1. The van der Waals surface area contributed by atoms with Gasteiger partial charge in [0.2, 0.25) is 0 Å². The highest BCUT2D eigenvalue weighted by Crippen LogP contribution is 2.36. The van der Waals surface area contributed by atoms with Gasteiger partial charge in [-0.05, 0) is 31.0 Å². The monoisotopic (exact) mass is 316 g/mol. The average molecular weight is 317 g/mol. The Morgan fingerprint density at radius 3 is 1.95 bits per heavy atom. The molecule has 0 saturated heterocycles. The number of hydrogen-bond acceptors (Lipinski definition) is 2. The van der Waals surface area contributed by atoms with Crippen LogP contribution in [0.5, 0.6) is 0 Å². The molecule has 0 aliphatic carbocycles. The number of hydrogen-bond donors (Lipinski definition) is 1. The summed E-state index contributed by atoms with van der Waals surface area (Å²) >= 11 is 0. The molecule has 128 valence electrons. The van der Waals surface area contributed by atoms with Crippen LogP contribution in [0.2, 0.25) is 18.1 Å². The van der Waals surface area contributed by atoms with E-state index in [9.17, 15) is 5.11 Å². The minimum Gasteiger partial charge on any atom is -0.417 e. The van der Waals surface area contributed by atoms with Crippen molar-refractivity contribution in [1.29, 1.82) is 0 Å². The van der Waals surface area contributed by atoms with Crippen molar-refractivity contribution >= 4 is 8.32 Å². The predicted molar refractivity (Wildman–Crippen MR) is 96.4 cm³/mol. The summed E-state index contributed by atoms with van der Waals surface area (Å²) in [5.41, 5.74) is 0. The van der Waals surface area contributed by atoms with E-state index in [1.807, 2.05) is 0 Å². The summed E-state index contributed by atoms with van der Waals surface area (Å²) in [6.45, 7) is 14.3. The first-order chi connectivity index (χ1) is 9.70.